The summed E-state index contributed by atoms with van der Waals surface area (Å²) in [6, 6.07) is 22.1. The van der Waals surface area contributed by atoms with Gasteiger partial charge in [-0.2, -0.15) is 0 Å². The van der Waals surface area contributed by atoms with E-state index in [0.29, 0.717) is 0 Å². The Morgan fingerprint density at radius 2 is 1.34 bits per heavy atom. The first kappa shape index (κ1) is 17.8. The molecule has 0 saturated heterocycles. The molecule has 4 nitrogen and oxygen atoms in total. The minimum Gasteiger partial charge on any atom is -0.291 e. The number of pyridine rings is 3. The second-order valence-electron chi connectivity index (χ2n) is 9.67. The van der Waals surface area contributed by atoms with E-state index in [1.54, 1.807) is 0 Å². The van der Waals surface area contributed by atoms with E-state index in [1.165, 1.54) is 50.0 Å². The molecule has 162 valence electrons. The Balaban J connectivity index is 1.39. The van der Waals surface area contributed by atoms with Gasteiger partial charge in [-0.05, 0) is 74.5 Å². The van der Waals surface area contributed by atoms with Gasteiger partial charge in [0.1, 0.15) is 5.65 Å². The molecule has 0 N–H and O–H groups in total. The molecule has 0 fully saturated rings. The number of hydrogen-bond acceptors (Lipinski definition) is 3. The molecule has 2 aliphatic carbocycles. The third-order valence-electron chi connectivity index (χ3n) is 8.06. The molecule has 3 aromatic carbocycles. The molecule has 9 rings (SSSR count). The van der Waals surface area contributed by atoms with Gasteiger partial charge in [0.05, 0.1) is 16.6 Å². The van der Waals surface area contributed by atoms with E-state index >= 15 is 0 Å². The predicted molar refractivity (Wildman–Crippen MR) is 140 cm³/mol. The Hall–Kier alpha value is -4.57. The minimum absolute atomic E-state index is 0.935. The maximum absolute atomic E-state index is 5.14. The van der Waals surface area contributed by atoms with Gasteiger partial charge in [-0.15, -0.1) is 0 Å². The van der Waals surface area contributed by atoms with Crippen molar-refractivity contribution in [3.05, 3.63) is 108 Å². The van der Waals surface area contributed by atoms with Crippen molar-refractivity contribution in [2.45, 2.75) is 12.8 Å². The molecular weight excluding hydrogens is 428 g/mol. The molecule has 35 heavy (non-hydrogen) atoms. The monoisotopic (exact) mass is 446 g/mol. The number of imidazole rings is 1. The number of fused-ring (bicyclic) bond motifs is 16. The van der Waals surface area contributed by atoms with E-state index in [2.05, 4.69) is 75.0 Å². The molecule has 0 aliphatic heterocycles. The predicted octanol–water partition coefficient (Wildman–Crippen LogP) is 6.73. The van der Waals surface area contributed by atoms with Gasteiger partial charge in [-0.3, -0.25) is 14.4 Å². The summed E-state index contributed by atoms with van der Waals surface area (Å²) in [7, 11) is 0. The van der Waals surface area contributed by atoms with Crippen LogP contribution in [0.15, 0.2) is 85.5 Å². The summed E-state index contributed by atoms with van der Waals surface area (Å²) in [5.74, 6) is 0. The molecule has 4 aromatic heterocycles. The van der Waals surface area contributed by atoms with Crippen LogP contribution in [0.3, 0.4) is 0 Å². The lowest BCUT2D eigenvalue weighted by Crippen LogP contribution is -1.95. The van der Waals surface area contributed by atoms with Crippen LogP contribution in [0.5, 0.6) is 0 Å². The Bertz CT molecular complexity index is 2070. The van der Waals surface area contributed by atoms with Gasteiger partial charge in [-0.1, -0.05) is 42.5 Å². The summed E-state index contributed by atoms with van der Waals surface area (Å²) in [6.07, 6.45) is 9.57. The first-order valence-electron chi connectivity index (χ1n) is 12.0. The summed E-state index contributed by atoms with van der Waals surface area (Å²) >= 11 is 0. The normalized spacial score (nSPS) is 13.5. The van der Waals surface area contributed by atoms with Crippen LogP contribution < -0.4 is 0 Å². The number of aromatic nitrogens is 4. The van der Waals surface area contributed by atoms with Crippen molar-refractivity contribution < 1.29 is 0 Å². The fraction of sp³-hybridized carbons (Fsp3) is 0.0645. The second kappa shape index (κ2) is 6.10. The van der Waals surface area contributed by atoms with Crippen molar-refractivity contribution in [1.82, 2.24) is 19.4 Å². The Morgan fingerprint density at radius 1 is 0.600 bits per heavy atom. The Labute approximate surface area is 200 Å². The van der Waals surface area contributed by atoms with Gasteiger partial charge in [0, 0.05) is 42.0 Å². The van der Waals surface area contributed by atoms with Crippen LogP contribution in [0.4, 0.5) is 0 Å². The summed E-state index contributed by atoms with van der Waals surface area (Å²) in [6.45, 7) is 0. The lowest BCUT2D eigenvalue weighted by molar-refractivity contribution is 1.16. The van der Waals surface area contributed by atoms with Gasteiger partial charge < -0.3 is 0 Å². The summed E-state index contributed by atoms with van der Waals surface area (Å²) in [5, 5.41) is 3.33. The van der Waals surface area contributed by atoms with Gasteiger partial charge in [-0.25, -0.2) is 4.98 Å². The first-order chi connectivity index (χ1) is 17.4. The molecule has 0 radical (unpaired) electrons. The van der Waals surface area contributed by atoms with E-state index < -0.39 is 0 Å². The number of nitrogens with zero attached hydrogens (tertiary/aromatic N) is 4. The number of rotatable bonds is 0. The highest BCUT2D eigenvalue weighted by atomic mass is 15.0. The first-order valence-corrected chi connectivity index (χ1v) is 12.0. The van der Waals surface area contributed by atoms with Gasteiger partial charge in [0.25, 0.3) is 0 Å². The number of benzene rings is 3. The van der Waals surface area contributed by atoms with Crippen molar-refractivity contribution >= 4 is 38.4 Å². The van der Waals surface area contributed by atoms with Crippen molar-refractivity contribution in [3.8, 4) is 22.3 Å². The average Bonchev–Trinajstić information content (AvgIpc) is 3.59. The molecule has 0 unspecified atom stereocenters. The van der Waals surface area contributed by atoms with Crippen molar-refractivity contribution in [2.75, 3.05) is 0 Å². The van der Waals surface area contributed by atoms with E-state index in [4.69, 9.17) is 4.98 Å². The largest absolute Gasteiger partial charge is 0.291 e. The van der Waals surface area contributed by atoms with Crippen LogP contribution in [0.1, 0.15) is 22.3 Å². The quantitative estimate of drug-likeness (QED) is 0.243. The van der Waals surface area contributed by atoms with Crippen molar-refractivity contribution in [3.63, 3.8) is 0 Å². The lowest BCUT2D eigenvalue weighted by atomic mass is 9.96. The van der Waals surface area contributed by atoms with Crippen LogP contribution in [0.2, 0.25) is 0 Å². The maximum Gasteiger partial charge on any atom is 0.147 e. The Morgan fingerprint density at radius 3 is 2.29 bits per heavy atom. The van der Waals surface area contributed by atoms with E-state index in [9.17, 15) is 0 Å². The Kier molecular flexibility index (Phi) is 3.11. The van der Waals surface area contributed by atoms with Crippen molar-refractivity contribution in [2.24, 2.45) is 0 Å². The lowest BCUT2D eigenvalue weighted by Gasteiger charge is -2.09. The average molecular weight is 447 g/mol. The van der Waals surface area contributed by atoms with Crippen LogP contribution in [0, 0.1) is 0 Å². The van der Waals surface area contributed by atoms with E-state index in [-0.39, 0.29) is 0 Å². The van der Waals surface area contributed by atoms with Crippen molar-refractivity contribution in [1.29, 1.82) is 0 Å². The molecule has 4 heterocycles. The summed E-state index contributed by atoms with van der Waals surface area (Å²) in [4.78, 5) is 14.0. The highest BCUT2D eigenvalue weighted by Gasteiger charge is 2.30. The van der Waals surface area contributed by atoms with E-state index in [1.807, 2.05) is 24.8 Å². The third kappa shape index (κ3) is 2.11. The standard InChI is InChI=1S/C31H18N4/c1-2-4-18-17(3-1)13-23-19(18)5-6-20-21-7-8-28-30(25(21)14-24(20)23)35-29-10-12-33-15-26(29)22-9-11-32-16-27(22)31(35)34-28/h1-12,15-16H,13-14H2. The molecule has 2 aliphatic rings. The molecule has 0 saturated carbocycles. The minimum atomic E-state index is 0.935. The smallest absolute Gasteiger partial charge is 0.147 e. The van der Waals surface area contributed by atoms with Gasteiger partial charge in [0.2, 0.25) is 0 Å². The second-order valence-corrected chi connectivity index (χ2v) is 9.67. The topological polar surface area (TPSA) is 43.1 Å². The van der Waals surface area contributed by atoms with Crippen LogP contribution in [0.25, 0.3) is 60.6 Å². The molecule has 0 spiro atoms. The third-order valence-corrected chi connectivity index (χ3v) is 8.06. The SMILES string of the molecule is c1ccc2c(c1)Cc1c-2ccc2c1Cc1c-2ccc2nc3c4cnccc4c4cnccc4n3c12. The van der Waals surface area contributed by atoms with Gasteiger partial charge >= 0.3 is 0 Å². The summed E-state index contributed by atoms with van der Waals surface area (Å²) < 4.78 is 2.34. The van der Waals surface area contributed by atoms with Crippen LogP contribution in [-0.4, -0.2) is 19.4 Å². The molecular formula is C31H18N4. The highest BCUT2D eigenvalue weighted by Crippen LogP contribution is 2.48. The van der Waals surface area contributed by atoms with Gasteiger partial charge in [0.15, 0.2) is 0 Å². The molecule has 4 heteroatoms. The molecule has 0 bridgehead atoms. The van der Waals surface area contributed by atoms with Crippen LogP contribution >= 0.6 is 0 Å². The maximum atomic E-state index is 5.14. The fourth-order valence-electron chi connectivity index (χ4n) is 6.58. The number of hydrogen-bond donors (Lipinski definition) is 0. The zero-order valence-electron chi connectivity index (χ0n) is 18.8. The highest BCUT2D eigenvalue weighted by molar-refractivity contribution is 6.14. The van der Waals surface area contributed by atoms with E-state index in [0.717, 1.165) is 45.7 Å². The fourth-order valence-corrected chi connectivity index (χ4v) is 6.58. The molecule has 7 aromatic rings. The zero-order chi connectivity index (χ0) is 22.7. The molecule has 0 atom stereocenters. The summed E-state index contributed by atoms with van der Waals surface area (Å²) in [5.41, 5.74) is 15.6. The van der Waals surface area contributed by atoms with Crippen LogP contribution in [-0.2, 0) is 12.8 Å². The molecule has 0 amide bonds. The zero-order valence-corrected chi connectivity index (χ0v) is 18.8.